The van der Waals surface area contributed by atoms with Crippen LogP contribution in [0, 0.1) is 13.8 Å². The van der Waals surface area contributed by atoms with Crippen LogP contribution in [0.2, 0.25) is 5.02 Å². The zero-order valence-electron chi connectivity index (χ0n) is 17.9. The number of aryl methyl sites for hydroxylation is 2. The number of hydrogen-bond acceptors (Lipinski definition) is 5. The van der Waals surface area contributed by atoms with Crippen molar-refractivity contribution in [2.75, 3.05) is 23.7 Å². The van der Waals surface area contributed by atoms with Gasteiger partial charge in [0.1, 0.15) is 5.01 Å². The normalized spacial score (nSPS) is 16.0. The number of likely N-dealkylation sites (tertiary alicyclic amines) is 1. The first-order valence-electron chi connectivity index (χ1n) is 10.4. The third-order valence-electron chi connectivity index (χ3n) is 5.37. The Kier molecular flexibility index (Phi) is 6.72. The second-order valence-electron chi connectivity index (χ2n) is 7.96. The number of benzene rings is 2. The molecule has 3 amide bonds. The highest BCUT2D eigenvalue weighted by Gasteiger charge is 2.28. The largest absolute Gasteiger partial charge is 0.324 e. The Bertz CT molecular complexity index is 1130. The lowest BCUT2D eigenvalue weighted by molar-refractivity contribution is 0.102. The topological polar surface area (TPSA) is 87.2 Å². The molecule has 166 valence electrons. The van der Waals surface area contributed by atoms with E-state index in [2.05, 4.69) is 20.8 Å². The molecule has 2 heterocycles. The van der Waals surface area contributed by atoms with Crippen molar-refractivity contribution in [1.82, 2.24) is 15.1 Å². The first kappa shape index (κ1) is 22.2. The second-order valence-corrected chi connectivity index (χ2v) is 9.38. The number of carbonyl (C=O) groups excluding carboxylic acids is 2. The zero-order chi connectivity index (χ0) is 22.7. The number of hydrogen-bond donors (Lipinski definition) is 2. The molecule has 2 aromatic carbocycles. The molecule has 1 saturated heterocycles. The summed E-state index contributed by atoms with van der Waals surface area (Å²) < 4.78 is 0. The summed E-state index contributed by atoms with van der Waals surface area (Å²) in [5, 5.41) is 15.7. The third-order valence-corrected chi connectivity index (χ3v) is 6.77. The Hall–Kier alpha value is -2.97. The summed E-state index contributed by atoms with van der Waals surface area (Å²) in [6, 6.07) is 12.9. The molecular formula is C23H24ClN5O2S. The lowest BCUT2D eigenvalue weighted by atomic mass is 9.99. The van der Waals surface area contributed by atoms with Gasteiger partial charge in [-0.3, -0.25) is 4.79 Å². The second kappa shape index (κ2) is 9.67. The van der Waals surface area contributed by atoms with E-state index in [1.165, 1.54) is 11.3 Å². The minimum absolute atomic E-state index is 0.0430. The van der Waals surface area contributed by atoms with Gasteiger partial charge in [-0.15, -0.1) is 10.2 Å². The number of aromatic nitrogens is 2. The number of nitrogens with one attached hydrogen (secondary N) is 2. The van der Waals surface area contributed by atoms with E-state index in [0.717, 1.165) is 29.0 Å². The number of rotatable bonds is 4. The highest BCUT2D eigenvalue weighted by atomic mass is 35.5. The van der Waals surface area contributed by atoms with Crippen LogP contribution in [0.15, 0.2) is 42.5 Å². The van der Waals surface area contributed by atoms with Crippen molar-refractivity contribution in [2.45, 2.75) is 32.6 Å². The number of amides is 3. The predicted octanol–water partition coefficient (Wildman–Crippen LogP) is 5.47. The molecule has 1 unspecified atom stereocenters. The van der Waals surface area contributed by atoms with Crippen LogP contribution < -0.4 is 10.6 Å². The number of nitrogens with zero attached hydrogens (tertiary/aromatic N) is 3. The summed E-state index contributed by atoms with van der Waals surface area (Å²) in [6.45, 7) is 5.12. The van der Waals surface area contributed by atoms with Gasteiger partial charge in [-0.1, -0.05) is 46.7 Å². The summed E-state index contributed by atoms with van der Waals surface area (Å²) in [5.41, 5.74) is 3.46. The van der Waals surface area contributed by atoms with Crippen molar-refractivity contribution in [2.24, 2.45) is 0 Å². The zero-order valence-corrected chi connectivity index (χ0v) is 19.5. The van der Waals surface area contributed by atoms with E-state index in [4.69, 9.17) is 11.6 Å². The SMILES string of the molecule is Cc1ccc(NC(=O)c2nnc(C3CCCN(C(=O)Nc4ccc(C)cc4Cl)C3)s2)cc1. The van der Waals surface area contributed by atoms with Crippen molar-refractivity contribution in [3.05, 3.63) is 68.6 Å². The van der Waals surface area contributed by atoms with Gasteiger partial charge < -0.3 is 15.5 Å². The van der Waals surface area contributed by atoms with E-state index in [9.17, 15) is 9.59 Å². The van der Waals surface area contributed by atoms with Crippen molar-refractivity contribution in [1.29, 1.82) is 0 Å². The molecule has 1 aromatic heterocycles. The fraction of sp³-hybridized carbons (Fsp3) is 0.304. The number of urea groups is 1. The number of piperidine rings is 1. The molecule has 4 rings (SSSR count). The predicted molar refractivity (Wildman–Crippen MR) is 128 cm³/mol. The van der Waals surface area contributed by atoms with E-state index >= 15 is 0 Å². The van der Waals surface area contributed by atoms with Crippen LogP contribution in [0.4, 0.5) is 16.2 Å². The van der Waals surface area contributed by atoms with Crippen LogP contribution in [0.5, 0.6) is 0 Å². The molecular weight excluding hydrogens is 446 g/mol. The Morgan fingerprint density at radius 3 is 2.56 bits per heavy atom. The molecule has 1 fully saturated rings. The molecule has 0 radical (unpaired) electrons. The monoisotopic (exact) mass is 469 g/mol. The molecule has 9 heteroatoms. The molecule has 2 N–H and O–H groups in total. The fourth-order valence-corrected chi connectivity index (χ4v) is 4.74. The van der Waals surface area contributed by atoms with Crippen LogP contribution in [-0.4, -0.2) is 40.1 Å². The van der Waals surface area contributed by atoms with Gasteiger partial charge in [-0.2, -0.15) is 0 Å². The lowest BCUT2D eigenvalue weighted by Gasteiger charge is -2.31. The van der Waals surface area contributed by atoms with Gasteiger partial charge in [0.2, 0.25) is 5.01 Å². The smallest absolute Gasteiger partial charge is 0.321 e. The highest BCUT2D eigenvalue weighted by molar-refractivity contribution is 7.13. The van der Waals surface area contributed by atoms with E-state index in [1.54, 1.807) is 11.0 Å². The van der Waals surface area contributed by atoms with Crippen LogP contribution in [-0.2, 0) is 0 Å². The van der Waals surface area contributed by atoms with E-state index in [-0.39, 0.29) is 17.9 Å². The van der Waals surface area contributed by atoms with E-state index in [1.807, 2.05) is 50.2 Å². The summed E-state index contributed by atoms with van der Waals surface area (Å²) in [7, 11) is 0. The molecule has 0 saturated carbocycles. The quantitative estimate of drug-likeness (QED) is 0.530. The fourth-order valence-electron chi connectivity index (χ4n) is 3.59. The number of halogens is 1. The van der Waals surface area contributed by atoms with Crippen LogP contribution >= 0.6 is 22.9 Å². The maximum absolute atomic E-state index is 12.8. The molecule has 3 aromatic rings. The summed E-state index contributed by atoms with van der Waals surface area (Å²) in [4.78, 5) is 27.1. The summed E-state index contributed by atoms with van der Waals surface area (Å²) in [5.74, 6) is -0.238. The molecule has 1 aliphatic heterocycles. The maximum Gasteiger partial charge on any atom is 0.321 e. The molecule has 0 bridgehead atoms. The minimum atomic E-state index is -0.281. The van der Waals surface area contributed by atoms with Crippen molar-refractivity contribution < 1.29 is 9.59 Å². The molecule has 1 aliphatic rings. The summed E-state index contributed by atoms with van der Waals surface area (Å²) >= 11 is 7.53. The van der Waals surface area contributed by atoms with Gasteiger partial charge in [0.25, 0.3) is 5.91 Å². The van der Waals surface area contributed by atoms with Crippen molar-refractivity contribution in [3.8, 4) is 0 Å². The van der Waals surface area contributed by atoms with Crippen LogP contribution in [0.25, 0.3) is 0 Å². The van der Waals surface area contributed by atoms with E-state index in [0.29, 0.717) is 34.5 Å². The average Bonchev–Trinajstić information content (AvgIpc) is 3.28. The minimum Gasteiger partial charge on any atom is -0.324 e. The van der Waals surface area contributed by atoms with Gasteiger partial charge >= 0.3 is 6.03 Å². The number of anilines is 2. The van der Waals surface area contributed by atoms with E-state index < -0.39 is 0 Å². The lowest BCUT2D eigenvalue weighted by Crippen LogP contribution is -2.41. The molecule has 0 aliphatic carbocycles. The Morgan fingerprint density at radius 2 is 1.81 bits per heavy atom. The summed E-state index contributed by atoms with van der Waals surface area (Å²) in [6.07, 6.45) is 1.74. The van der Waals surface area contributed by atoms with Gasteiger partial charge in [-0.05, 0) is 56.5 Å². The van der Waals surface area contributed by atoms with Gasteiger partial charge in [0, 0.05) is 24.7 Å². The molecule has 0 spiro atoms. The Morgan fingerprint density at radius 1 is 1.06 bits per heavy atom. The van der Waals surface area contributed by atoms with Crippen LogP contribution in [0.3, 0.4) is 0 Å². The first-order chi connectivity index (χ1) is 15.4. The first-order valence-corrected chi connectivity index (χ1v) is 11.6. The Labute approximate surface area is 195 Å². The number of carbonyl (C=O) groups is 2. The average molecular weight is 470 g/mol. The van der Waals surface area contributed by atoms with Crippen molar-refractivity contribution >= 4 is 46.3 Å². The van der Waals surface area contributed by atoms with Gasteiger partial charge in [0.15, 0.2) is 0 Å². The van der Waals surface area contributed by atoms with Gasteiger partial charge in [-0.25, -0.2) is 4.79 Å². The standard InChI is InChI=1S/C23H24ClN5O2S/c1-14-5-8-17(9-6-14)25-20(30)22-28-27-21(32-22)16-4-3-11-29(13-16)23(31)26-19-10-7-15(2)12-18(19)24/h5-10,12,16H,3-4,11,13H2,1-2H3,(H,25,30)(H,26,31). The highest BCUT2D eigenvalue weighted by Crippen LogP contribution is 2.30. The Balaban J connectivity index is 1.39. The van der Waals surface area contributed by atoms with Gasteiger partial charge in [0.05, 0.1) is 10.7 Å². The molecule has 32 heavy (non-hydrogen) atoms. The maximum atomic E-state index is 12.8. The third kappa shape index (κ3) is 5.26. The molecule has 1 atom stereocenters. The molecule has 7 nitrogen and oxygen atoms in total. The van der Waals surface area contributed by atoms with Crippen molar-refractivity contribution in [3.63, 3.8) is 0 Å². The van der Waals surface area contributed by atoms with Crippen LogP contribution in [0.1, 0.15) is 44.7 Å².